The van der Waals surface area contributed by atoms with Gasteiger partial charge in [0.1, 0.15) is 6.29 Å². The van der Waals surface area contributed by atoms with Crippen molar-refractivity contribution in [3.63, 3.8) is 0 Å². The van der Waals surface area contributed by atoms with Gasteiger partial charge in [0, 0.05) is 22.5 Å². The molecule has 0 fully saturated rings. The average molecular weight is 584 g/mol. The van der Waals surface area contributed by atoms with Crippen molar-refractivity contribution in [2.24, 2.45) is 5.73 Å². The van der Waals surface area contributed by atoms with E-state index in [0.29, 0.717) is 5.02 Å². The van der Waals surface area contributed by atoms with Crippen molar-refractivity contribution in [1.29, 1.82) is 0 Å². The molecule has 2 N–H and O–H groups in total. The summed E-state index contributed by atoms with van der Waals surface area (Å²) in [5, 5.41) is 1.50. The molecule has 0 atom stereocenters. The van der Waals surface area contributed by atoms with E-state index in [1.54, 1.807) is 11.8 Å². The van der Waals surface area contributed by atoms with Crippen molar-refractivity contribution in [2.75, 3.05) is 12.3 Å². The first-order valence-electron chi connectivity index (χ1n) is 12.9. The Labute approximate surface area is 241 Å². The summed E-state index contributed by atoms with van der Waals surface area (Å²) in [5.74, 6) is 0.950. The molecule has 0 amide bonds. The molecule has 3 aromatic carbocycles. The van der Waals surface area contributed by atoms with Crippen LogP contribution in [0.4, 0.5) is 13.2 Å². The third-order valence-electron chi connectivity index (χ3n) is 6.76. The molecule has 208 valence electrons. The van der Waals surface area contributed by atoms with Crippen molar-refractivity contribution < 1.29 is 18.0 Å². The van der Waals surface area contributed by atoms with Gasteiger partial charge in [0.2, 0.25) is 0 Å². The van der Waals surface area contributed by atoms with Gasteiger partial charge in [-0.1, -0.05) is 96.9 Å². The Morgan fingerprint density at radius 3 is 2.05 bits per heavy atom. The summed E-state index contributed by atoms with van der Waals surface area (Å²) < 4.78 is 32.0. The highest BCUT2D eigenvalue weighted by Crippen LogP contribution is 2.50. The highest BCUT2D eigenvalue weighted by atomic mass is 35.5. The molecular weight excluding hydrogens is 555 g/mol. The van der Waals surface area contributed by atoms with Gasteiger partial charge < -0.3 is 10.5 Å². The van der Waals surface area contributed by atoms with E-state index in [1.807, 2.05) is 48.7 Å². The Morgan fingerprint density at radius 1 is 0.875 bits per heavy atom. The van der Waals surface area contributed by atoms with E-state index >= 15 is 0 Å². The number of hydrogen-bond acceptors (Lipinski definition) is 5. The molecule has 4 aromatic rings. The van der Waals surface area contributed by atoms with Crippen molar-refractivity contribution in [3.05, 3.63) is 101 Å². The predicted molar refractivity (Wildman–Crippen MR) is 156 cm³/mol. The zero-order valence-electron chi connectivity index (χ0n) is 21.7. The summed E-state index contributed by atoms with van der Waals surface area (Å²) in [4.78, 5) is 21.6. The van der Waals surface area contributed by atoms with Crippen LogP contribution >= 0.6 is 23.4 Å². The van der Waals surface area contributed by atoms with E-state index in [4.69, 9.17) is 16.6 Å². The Kier molecular flexibility index (Phi) is 10.0. The van der Waals surface area contributed by atoms with E-state index < -0.39 is 18.1 Å². The minimum Gasteiger partial charge on any atom is -0.323 e. The third-order valence-corrected chi connectivity index (χ3v) is 7.96. The monoisotopic (exact) mass is 583 g/mol. The zero-order valence-corrected chi connectivity index (χ0v) is 23.3. The number of unbranched alkanes of at least 4 members (excludes halogenated alkanes) is 2. The maximum Gasteiger partial charge on any atom is 0.400 e. The van der Waals surface area contributed by atoms with E-state index in [9.17, 15) is 18.0 Å². The number of halogens is 4. The van der Waals surface area contributed by atoms with Gasteiger partial charge in [-0.2, -0.15) is 13.2 Å². The molecule has 0 unspecified atom stereocenters. The van der Waals surface area contributed by atoms with Gasteiger partial charge in [-0.25, -0.2) is 9.97 Å². The first-order chi connectivity index (χ1) is 19.3. The first-order valence-corrected chi connectivity index (χ1v) is 14.3. The second-order valence-electron chi connectivity index (χ2n) is 9.39. The summed E-state index contributed by atoms with van der Waals surface area (Å²) >= 11 is 7.67. The van der Waals surface area contributed by atoms with Crippen LogP contribution in [-0.4, -0.2) is 34.7 Å². The number of aldehydes is 1. The fraction of sp³-hybridized carbons (Fsp3) is 0.258. The number of fused-ring (bicyclic) bond motifs is 3. The van der Waals surface area contributed by atoms with Gasteiger partial charge in [0.15, 0.2) is 5.16 Å². The lowest BCUT2D eigenvalue weighted by Gasteiger charge is -2.25. The number of carbonyl (C=O) groups excluding carboxylic acids is 1. The van der Waals surface area contributed by atoms with E-state index in [1.165, 1.54) is 17.4 Å². The lowest BCUT2D eigenvalue weighted by molar-refractivity contribution is -0.118. The second kappa shape index (κ2) is 13.4. The molecule has 1 aliphatic carbocycles. The van der Waals surface area contributed by atoms with Crippen molar-refractivity contribution in [3.8, 4) is 22.4 Å². The fourth-order valence-electron chi connectivity index (χ4n) is 4.85. The SMILES string of the molecule is NCC(F)(F)F.O=CC1(CCCCCSc2nccc(-c3ccc(Cl)cc3)n2)c2ccccc2-c2ccccc21. The maximum absolute atomic E-state index is 12.5. The van der Waals surface area contributed by atoms with Gasteiger partial charge in [0.25, 0.3) is 0 Å². The first kappa shape index (κ1) is 29.8. The molecule has 1 aromatic heterocycles. The molecule has 0 saturated carbocycles. The Hall–Kier alpha value is -3.20. The molecule has 40 heavy (non-hydrogen) atoms. The molecule has 5 rings (SSSR count). The Balaban J connectivity index is 0.000000557. The second-order valence-corrected chi connectivity index (χ2v) is 10.9. The van der Waals surface area contributed by atoms with Crippen LogP contribution in [0.25, 0.3) is 22.4 Å². The standard InChI is InChI=1S/C29H25ClN2OS.C2H4F3N/c30-22-14-12-21(13-15-22)27-16-18-31-28(32-27)34-19-7-1-6-17-29(20-33)25-10-4-2-8-23(25)24-9-3-5-11-26(24)29;3-2(4,5)1-6/h2-5,8-16,18,20H,1,6-7,17,19H2;1,6H2. The summed E-state index contributed by atoms with van der Waals surface area (Å²) in [6.45, 7) is -1.23. The molecule has 0 saturated heterocycles. The van der Waals surface area contributed by atoms with Gasteiger partial charge in [-0.15, -0.1) is 0 Å². The van der Waals surface area contributed by atoms with Crippen LogP contribution in [0, 0.1) is 0 Å². The number of alkyl halides is 3. The predicted octanol–water partition coefficient (Wildman–Crippen LogP) is 8.12. The quantitative estimate of drug-likeness (QED) is 0.0932. The number of rotatable bonds is 9. The molecule has 0 aliphatic heterocycles. The summed E-state index contributed by atoms with van der Waals surface area (Å²) in [5.41, 5.74) is 10.3. The van der Waals surface area contributed by atoms with E-state index in [2.05, 4.69) is 47.1 Å². The molecule has 1 heterocycles. The Morgan fingerprint density at radius 2 is 1.48 bits per heavy atom. The van der Waals surface area contributed by atoms with Gasteiger partial charge in [0.05, 0.1) is 17.7 Å². The number of benzene rings is 3. The van der Waals surface area contributed by atoms with Crippen LogP contribution in [0.1, 0.15) is 36.8 Å². The summed E-state index contributed by atoms with van der Waals surface area (Å²) in [7, 11) is 0. The topological polar surface area (TPSA) is 68.9 Å². The van der Waals surface area contributed by atoms with Gasteiger partial charge >= 0.3 is 6.18 Å². The number of nitrogens with zero attached hydrogens (tertiary/aromatic N) is 2. The van der Waals surface area contributed by atoms with Crippen LogP contribution in [0.15, 0.2) is 90.2 Å². The smallest absolute Gasteiger partial charge is 0.323 e. The molecule has 0 spiro atoms. The number of aromatic nitrogens is 2. The molecule has 0 radical (unpaired) electrons. The van der Waals surface area contributed by atoms with Crippen LogP contribution in [-0.2, 0) is 10.2 Å². The average Bonchev–Trinajstić information content (AvgIpc) is 3.25. The summed E-state index contributed by atoms with van der Waals surface area (Å²) in [6, 6.07) is 26.3. The van der Waals surface area contributed by atoms with Crippen molar-refractivity contribution in [1.82, 2.24) is 9.97 Å². The molecule has 1 aliphatic rings. The minimum atomic E-state index is -4.18. The lowest BCUT2D eigenvalue weighted by atomic mass is 9.75. The highest BCUT2D eigenvalue weighted by molar-refractivity contribution is 7.99. The number of carbonyl (C=O) groups is 1. The van der Waals surface area contributed by atoms with E-state index in [0.717, 1.165) is 59.0 Å². The number of thioether (sulfide) groups is 1. The third kappa shape index (κ3) is 7.11. The number of nitrogens with two attached hydrogens (primary N) is 1. The van der Waals surface area contributed by atoms with Crippen LogP contribution in [0.3, 0.4) is 0 Å². The molecule has 9 heteroatoms. The zero-order chi connectivity index (χ0) is 28.6. The normalized spacial score (nSPS) is 13.1. The van der Waals surface area contributed by atoms with Crippen molar-refractivity contribution in [2.45, 2.75) is 42.4 Å². The molecule has 4 nitrogen and oxygen atoms in total. The largest absolute Gasteiger partial charge is 0.400 e. The summed E-state index contributed by atoms with van der Waals surface area (Å²) in [6.07, 6.45) is 2.73. The molecular formula is C31H29ClF3N3OS. The van der Waals surface area contributed by atoms with E-state index in [-0.39, 0.29) is 0 Å². The highest BCUT2D eigenvalue weighted by Gasteiger charge is 2.42. The van der Waals surface area contributed by atoms with Crippen molar-refractivity contribution >= 4 is 29.6 Å². The number of hydrogen-bond donors (Lipinski definition) is 1. The molecule has 0 bridgehead atoms. The lowest BCUT2D eigenvalue weighted by Crippen LogP contribution is -2.27. The van der Waals surface area contributed by atoms with Crippen LogP contribution < -0.4 is 5.73 Å². The minimum absolute atomic E-state index is 0.531. The van der Waals surface area contributed by atoms with Gasteiger partial charge in [-0.05, 0) is 53.3 Å². The maximum atomic E-state index is 12.5. The fourth-order valence-corrected chi connectivity index (χ4v) is 5.81. The Bertz CT molecular complexity index is 1380. The van der Waals surface area contributed by atoms with Gasteiger partial charge in [-0.3, -0.25) is 0 Å². The van der Waals surface area contributed by atoms with Crippen LogP contribution in [0.5, 0.6) is 0 Å². The van der Waals surface area contributed by atoms with Crippen LogP contribution in [0.2, 0.25) is 5.02 Å².